The zero-order valence-corrected chi connectivity index (χ0v) is 14.0. The average Bonchev–Trinajstić information content (AvgIpc) is 2.53. The van der Waals surface area contributed by atoms with Crippen LogP contribution in [0.1, 0.15) is 34.4 Å². The van der Waals surface area contributed by atoms with E-state index in [9.17, 15) is 14.7 Å². The van der Waals surface area contributed by atoms with E-state index in [0.717, 1.165) is 5.56 Å². The minimum atomic E-state index is -0.941. The minimum absolute atomic E-state index is 0.348. The molecule has 0 saturated heterocycles. The molecule has 2 rings (SSSR count). The van der Waals surface area contributed by atoms with Crippen LogP contribution in [-0.2, 0) is 11.2 Å². The van der Waals surface area contributed by atoms with Crippen LogP contribution in [0.5, 0.6) is 0 Å². The van der Waals surface area contributed by atoms with E-state index in [0.29, 0.717) is 23.5 Å². The molecule has 24 heavy (non-hydrogen) atoms. The van der Waals surface area contributed by atoms with Gasteiger partial charge in [-0.25, -0.2) is 9.97 Å². The number of nitrogens with zero attached hydrogens (tertiary/aromatic N) is 2. The summed E-state index contributed by atoms with van der Waals surface area (Å²) in [4.78, 5) is 32.2. The fourth-order valence-corrected chi connectivity index (χ4v) is 2.54. The molecule has 1 aromatic heterocycles. The summed E-state index contributed by atoms with van der Waals surface area (Å²) in [5.74, 6) is -1.43. The second kappa shape index (κ2) is 7.68. The average molecular weight is 327 g/mol. The van der Waals surface area contributed by atoms with Gasteiger partial charge >= 0.3 is 5.97 Å². The Kier molecular flexibility index (Phi) is 5.63. The van der Waals surface area contributed by atoms with Crippen molar-refractivity contribution in [1.29, 1.82) is 0 Å². The summed E-state index contributed by atoms with van der Waals surface area (Å²) in [6.07, 6.45) is 1.81. The van der Waals surface area contributed by atoms with Crippen LogP contribution in [0.25, 0.3) is 0 Å². The highest BCUT2D eigenvalue weighted by molar-refractivity contribution is 5.95. The maximum atomic E-state index is 12.4. The van der Waals surface area contributed by atoms with Gasteiger partial charge in [-0.1, -0.05) is 30.3 Å². The van der Waals surface area contributed by atoms with Crippen LogP contribution in [-0.4, -0.2) is 33.0 Å². The zero-order valence-electron chi connectivity index (χ0n) is 14.0. The lowest BCUT2D eigenvalue weighted by Crippen LogP contribution is -2.42. The molecule has 0 aliphatic rings. The van der Waals surface area contributed by atoms with E-state index < -0.39 is 17.9 Å². The van der Waals surface area contributed by atoms with Crippen molar-refractivity contribution in [2.45, 2.75) is 33.2 Å². The van der Waals surface area contributed by atoms with Crippen molar-refractivity contribution in [3.63, 3.8) is 0 Å². The van der Waals surface area contributed by atoms with Crippen LogP contribution >= 0.6 is 0 Å². The number of carbonyl (C=O) groups is 2. The number of aryl methyl sites for hydroxylation is 2. The molecule has 0 spiro atoms. The topological polar surface area (TPSA) is 92.2 Å². The maximum absolute atomic E-state index is 12.4. The number of benzene rings is 1. The summed E-state index contributed by atoms with van der Waals surface area (Å²) in [5.41, 5.74) is 1.85. The number of carbonyl (C=O) groups excluding carboxylic acids is 1. The number of amides is 1. The SMILES string of the molecule is Cc1ncc(C(=O)NC(C)C(Cc2ccccc2)C(=O)O)c(C)n1. The Labute approximate surface area is 141 Å². The molecule has 0 bridgehead atoms. The van der Waals surface area contributed by atoms with E-state index in [1.54, 1.807) is 20.8 Å². The highest BCUT2D eigenvalue weighted by atomic mass is 16.4. The third kappa shape index (κ3) is 4.38. The quantitative estimate of drug-likeness (QED) is 0.848. The van der Waals surface area contributed by atoms with Gasteiger partial charge in [-0.15, -0.1) is 0 Å². The Morgan fingerprint density at radius 2 is 1.88 bits per heavy atom. The molecular weight excluding hydrogens is 306 g/mol. The molecule has 0 aliphatic heterocycles. The maximum Gasteiger partial charge on any atom is 0.308 e. The van der Waals surface area contributed by atoms with E-state index in [2.05, 4.69) is 15.3 Å². The van der Waals surface area contributed by atoms with Crippen LogP contribution in [0.2, 0.25) is 0 Å². The number of hydrogen-bond acceptors (Lipinski definition) is 4. The number of rotatable bonds is 6. The highest BCUT2D eigenvalue weighted by Gasteiger charge is 2.27. The van der Waals surface area contributed by atoms with Crippen LogP contribution < -0.4 is 5.32 Å². The lowest BCUT2D eigenvalue weighted by atomic mass is 9.93. The minimum Gasteiger partial charge on any atom is -0.481 e. The van der Waals surface area contributed by atoms with Gasteiger partial charge in [0.1, 0.15) is 5.82 Å². The van der Waals surface area contributed by atoms with Crippen molar-refractivity contribution in [1.82, 2.24) is 15.3 Å². The molecule has 0 saturated carbocycles. The molecule has 1 amide bonds. The van der Waals surface area contributed by atoms with Gasteiger partial charge in [0.25, 0.3) is 5.91 Å². The summed E-state index contributed by atoms with van der Waals surface area (Å²) < 4.78 is 0. The molecule has 126 valence electrons. The molecule has 0 aliphatic carbocycles. The van der Waals surface area contributed by atoms with Crippen LogP contribution in [0, 0.1) is 19.8 Å². The van der Waals surface area contributed by atoms with Crippen molar-refractivity contribution < 1.29 is 14.7 Å². The van der Waals surface area contributed by atoms with Crippen molar-refractivity contribution in [3.05, 3.63) is 59.2 Å². The number of carboxylic acid groups (broad SMARTS) is 1. The first-order valence-corrected chi connectivity index (χ1v) is 7.76. The number of nitrogens with one attached hydrogen (secondary N) is 1. The van der Waals surface area contributed by atoms with Gasteiger partial charge in [0.2, 0.25) is 0 Å². The Balaban J connectivity index is 2.11. The Hall–Kier alpha value is -2.76. The zero-order chi connectivity index (χ0) is 17.7. The van der Waals surface area contributed by atoms with Gasteiger partial charge < -0.3 is 10.4 Å². The number of hydrogen-bond donors (Lipinski definition) is 2. The van der Waals surface area contributed by atoms with E-state index in [-0.39, 0.29) is 5.91 Å². The predicted molar refractivity (Wildman–Crippen MR) is 89.7 cm³/mol. The van der Waals surface area contributed by atoms with E-state index in [1.807, 2.05) is 30.3 Å². The number of carboxylic acids is 1. The molecule has 6 heteroatoms. The van der Waals surface area contributed by atoms with Crippen molar-refractivity contribution in [3.8, 4) is 0 Å². The molecule has 2 unspecified atom stereocenters. The van der Waals surface area contributed by atoms with E-state index >= 15 is 0 Å². The van der Waals surface area contributed by atoms with Crippen molar-refractivity contribution in [2.24, 2.45) is 5.92 Å². The van der Waals surface area contributed by atoms with Crippen LogP contribution in [0.3, 0.4) is 0 Å². The first-order valence-electron chi connectivity index (χ1n) is 7.76. The number of aliphatic carboxylic acids is 1. The first kappa shape index (κ1) is 17.6. The number of aromatic nitrogens is 2. The lowest BCUT2D eigenvalue weighted by molar-refractivity contribution is -0.142. The van der Waals surface area contributed by atoms with Gasteiger partial charge in [0.05, 0.1) is 17.2 Å². The summed E-state index contributed by atoms with van der Waals surface area (Å²) >= 11 is 0. The van der Waals surface area contributed by atoms with Gasteiger partial charge in [0, 0.05) is 12.2 Å². The molecule has 1 heterocycles. The monoisotopic (exact) mass is 327 g/mol. The molecule has 2 aromatic rings. The summed E-state index contributed by atoms with van der Waals surface area (Å²) in [7, 11) is 0. The largest absolute Gasteiger partial charge is 0.481 e. The van der Waals surface area contributed by atoms with Gasteiger partial charge in [-0.05, 0) is 32.8 Å². The highest BCUT2D eigenvalue weighted by Crippen LogP contribution is 2.14. The molecular formula is C18H21N3O3. The lowest BCUT2D eigenvalue weighted by Gasteiger charge is -2.22. The fourth-order valence-electron chi connectivity index (χ4n) is 2.54. The smallest absolute Gasteiger partial charge is 0.308 e. The Bertz CT molecular complexity index is 732. The molecule has 0 radical (unpaired) electrons. The third-order valence-corrected chi connectivity index (χ3v) is 3.92. The molecule has 6 nitrogen and oxygen atoms in total. The van der Waals surface area contributed by atoms with Gasteiger partial charge in [0.15, 0.2) is 0 Å². The third-order valence-electron chi connectivity index (χ3n) is 3.92. The molecule has 2 atom stereocenters. The Morgan fingerprint density at radius 3 is 2.46 bits per heavy atom. The molecule has 1 aromatic carbocycles. The summed E-state index contributed by atoms with van der Waals surface area (Å²) in [5, 5.41) is 12.3. The van der Waals surface area contributed by atoms with Crippen LogP contribution in [0.15, 0.2) is 36.5 Å². The molecule has 2 N–H and O–H groups in total. The normalized spacial score (nSPS) is 13.1. The van der Waals surface area contributed by atoms with E-state index in [1.165, 1.54) is 6.20 Å². The van der Waals surface area contributed by atoms with Crippen molar-refractivity contribution in [2.75, 3.05) is 0 Å². The summed E-state index contributed by atoms with van der Waals surface area (Å²) in [6, 6.07) is 8.83. The fraction of sp³-hybridized carbons (Fsp3) is 0.333. The Morgan fingerprint density at radius 1 is 1.21 bits per heavy atom. The van der Waals surface area contributed by atoms with Crippen LogP contribution in [0.4, 0.5) is 0 Å². The van der Waals surface area contributed by atoms with Gasteiger partial charge in [-0.2, -0.15) is 0 Å². The predicted octanol–water partition coefficient (Wildman–Crippen LogP) is 2.16. The second-order valence-corrected chi connectivity index (χ2v) is 5.81. The molecule has 0 fully saturated rings. The standard InChI is InChI=1S/C18H21N3O3/c1-11(15(18(23)24)9-14-7-5-4-6-8-14)21-17(22)16-10-19-13(3)20-12(16)2/h4-8,10-11,15H,9H2,1-3H3,(H,21,22)(H,23,24). The second-order valence-electron chi connectivity index (χ2n) is 5.81. The van der Waals surface area contributed by atoms with Gasteiger partial charge in [-0.3, -0.25) is 9.59 Å². The van der Waals surface area contributed by atoms with E-state index in [4.69, 9.17) is 0 Å². The van der Waals surface area contributed by atoms with Crippen molar-refractivity contribution >= 4 is 11.9 Å². The first-order chi connectivity index (χ1) is 11.4. The summed E-state index contributed by atoms with van der Waals surface area (Å²) in [6.45, 7) is 5.18.